The first kappa shape index (κ1) is 20.7. The van der Waals surface area contributed by atoms with Gasteiger partial charge >= 0.3 is 0 Å². The summed E-state index contributed by atoms with van der Waals surface area (Å²) in [4.78, 5) is 14.4. The molecule has 1 aromatic rings. The fourth-order valence-corrected chi connectivity index (χ4v) is 2.84. The van der Waals surface area contributed by atoms with Crippen LogP contribution in [0.4, 0.5) is 0 Å². The van der Waals surface area contributed by atoms with Crippen LogP contribution in [0.2, 0.25) is 0 Å². The second kappa shape index (κ2) is 12.0. The predicted octanol–water partition coefficient (Wildman–Crippen LogP) is 3.35. The van der Waals surface area contributed by atoms with E-state index >= 15 is 0 Å². The molecule has 0 aliphatic rings. The molecule has 4 heteroatoms. The maximum absolute atomic E-state index is 12.0. The summed E-state index contributed by atoms with van der Waals surface area (Å²) < 4.78 is 0. The fraction of sp³-hybridized carbons (Fsp3) is 0.650. The highest BCUT2D eigenvalue weighted by Gasteiger charge is 2.09. The Balaban J connectivity index is 2.14. The Labute approximate surface area is 148 Å². The highest BCUT2D eigenvalue weighted by atomic mass is 16.1. The van der Waals surface area contributed by atoms with Crippen molar-refractivity contribution in [2.24, 2.45) is 0 Å². The number of nitrogens with zero attached hydrogens (tertiary/aromatic N) is 1. The molecule has 2 unspecified atom stereocenters. The summed E-state index contributed by atoms with van der Waals surface area (Å²) in [5, 5.41) is 6.51. The molecule has 4 nitrogen and oxygen atoms in total. The zero-order valence-electron chi connectivity index (χ0n) is 15.8. The largest absolute Gasteiger partial charge is 0.354 e. The first-order valence-corrected chi connectivity index (χ1v) is 9.36. The molecular formula is C20H35N3O. The van der Waals surface area contributed by atoms with E-state index in [1.807, 2.05) is 18.2 Å². The highest BCUT2D eigenvalue weighted by Crippen LogP contribution is 2.10. The average Bonchev–Trinajstić information content (AvgIpc) is 2.59. The summed E-state index contributed by atoms with van der Waals surface area (Å²) in [6, 6.07) is 10.8. The Morgan fingerprint density at radius 1 is 1.12 bits per heavy atom. The lowest BCUT2D eigenvalue weighted by atomic mass is 10.1. The molecule has 1 rings (SSSR count). The first-order valence-electron chi connectivity index (χ1n) is 9.36. The minimum atomic E-state index is 0.137. The monoisotopic (exact) mass is 333 g/mol. The molecule has 1 amide bonds. The Bertz CT molecular complexity index is 445. The number of carbonyl (C=O) groups excluding carboxylic acids is 1. The zero-order valence-corrected chi connectivity index (χ0v) is 15.8. The SMILES string of the molecule is CCN(CC)CCCC(C)NC(=O)CCNC(C)c1ccccc1. The number of nitrogens with one attached hydrogen (secondary N) is 2. The van der Waals surface area contributed by atoms with Crippen molar-refractivity contribution in [2.45, 2.75) is 59.0 Å². The van der Waals surface area contributed by atoms with Crippen molar-refractivity contribution >= 4 is 5.91 Å². The van der Waals surface area contributed by atoms with E-state index in [9.17, 15) is 4.79 Å². The van der Waals surface area contributed by atoms with Gasteiger partial charge in [-0.15, -0.1) is 0 Å². The minimum absolute atomic E-state index is 0.137. The maximum Gasteiger partial charge on any atom is 0.221 e. The third-order valence-corrected chi connectivity index (χ3v) is 4.52. The second-order valence-corrected chi connectivity index (χ2v) is 6.47. The molecule has 0 bridgehead atoms. The van der Waals surface area contributed by atoms with E-state index in [-0.39, 0.29) is 18.0 Å². The van der Waals surface area contributed by atoms with Gasteiger partial charge in [-0.1, -0.05) is 44.2 Å². The number of rotatable bonds is 12. The van der Waals surface area contributed by atoms with E-state index < -0.39 is 0 Å². The van der Waals surface area contributed by atoms with Crippen LogP contribution in [0.3, 0.4) is 0 Å². The van der Waals surface area contributed by atoms with Crippen molar-refractivity contribution < 1.29 is 4.79 Å². The molecule has 0 saturated carbocycles. The molecule has 24 heavy (non-hydrogen) atoms. The number of hydrogen-bond donors (Lipinski definition) is 2. The molecule has 0 spiro atoms. The smallest absolute Gasteiger partial charge is 0.221 e. The number of benzene rings is 1. The normalized spacial score (nSPS) is 13.7. The molecule has 0 aromatic heterocycles. The molecule has 2 atom stereocenters. The summed E-state index contributed by atoms with van der Waals surface area (Å²) in [6.07, 6.45) is 2.69. The van der Waals surface area contributed by atoms with E-state index in [2.05, 4.69) is 55.4 Å². The van der Waals surface area contributed by atoms with E-state index in [0.717, 1.165) is 32.5 Å². The van der Waals surface area contributed by atoms with Crippen molar-refractivity contribution in [1.82, 2.24) is 15.5 Å². The van der Waals surface area contributed by atoms with Crippen molar-refractivity contribution in [3.8, 4) is 0 Å². The van der Waals surface area contributed by atoms with E-state index in [0.29, 0.717) is 13.0 Å². The van der Waals surface area contributed by atoms with Crippen molar-refractivity contribution in [2.75, 3.05) is 26.2 Å². The van der Waals surface area contributed by atoms with Crippen molar-refractivity contribution in [1.29, 1.82) is 0 Å². The molecule has 0 fully saturated rings. The Hall–Kier alpha value is -1.39. The molecule has 0 heterocycles. The van der Waals surface area contributed by atoms with Gasteiger partial charge in [-0.3, -0.25) is 4.79 Å². The highest BCUT2D eigenvalue weighted by molar-refractivity contribution is 5.76. The van der Waals surface area contributed by atoms with Gasteiger partial charge in [-0.25, -0.2) is 0 Å². The van der Waals surface area contributed by atoms with Crippen molar-refractivity contribution in [3.05, 3.63) is 35.9 Å². The summed E-state index contributed by atoms with van der Waals surface area (Å²) in [7, 11) is 0. The van der Waals surface area contributed by atoms with Crippen LogP contribution in [0.25, 0.3) is 0 Å². The van der Waals surface area contributed by atoms with Gasteiger partial charge in [0.15, 0.2) is 0 Å². The van der Waals surface area contributed by atoms with Crippen LogP contribution in [-0.2, 0) is 4.79 Å². The third kappa shape index (κ3) is 8.46. The standard InChI is InChI=1S/C20H35N3O/c1-5-23(6-2)16-10-11-17(3)22-20(24)14-15-21-18(4)19-12-8-7-9-13-19/h7-9,12-13,17-18,21H,5-6,10-11,14-16H2,1-4H3,(H,22,24). The molecule has 0 saturated heterocycles. The molecule has 136 valence electrons. The zero-order chi connectivity index (χ0) is 17.8. The summed E-state index contributed by atoms with van der Waals surface area (Å²) in [5.41, 5.74) is 1.25. The predicted molar refractivity (Wildman–Crippen MR) is 102 cm³/mol. The van der Waals surface area contributed by atoms with Gasteiger partial charge in [0.1, 0.15) is 0 Å². The molecule has 0 aliphatic carbocycles. The summed E-state index contributed by atoms with van der Waals surface area (Å²) in [6.45, 7) is 12.6. The van der Waals surface area contributed by atoms with Crippen LogP contribution in [0.1, 0.15) is 58.6 Å². The van der Waals surface area contributed by atoms with Gasteiger partial charge in [0.05, 0.1) is 0 Å². The third-order valence-electron chi connectivity index (χ3n) is 4.52. The fourth-order valence-electron chi connectivity index (χ4n) is 2.84. The van der Waals surface area contributed by atoms with Crippen molar-refractivity contribution in [3.63, 3.8) is 0 Å². The molecule has 1 aromatic carbocycles. The van der Waals surface area contributed by atoms with Crippen LogP contribution in [0.15, 0.2) is 30.3 Å². The average molecular weight is 334 g/mol. The van der Waals surface area contributed by atoms with E-state index in [4.69, 9.17) is 0 Å². The second-order valence-electron chi connectivity index (χ2n) is 6.47. The van der Waals surface area contributed by atoms with Gasteiger partial charge in [0.25, 0.3) is 0 Å². The van der Waals surface area contributed by atoms with Gasteiger partial charge in [0.2, 0.25) is 5.91 Å². The topological polar surface area (TPSA) is 44.4 Å². The van der Waals surface area contributed by atoms with Crippen LogP contribution in [0, 0.1) is 0 Å². The molecule has 2 N–H and O–H groups in total. The summed E-state index contributed by atoms with van der Waals surface area (Å²) in [5.74, 6) is 0.137. The number of hydrogen-bond acceptors (Lipinski definition) is 3. The molecule has 0 radical (unpaired) electrons. The number of carbonyl (C=O) groups is 1. The Morgan fingerprint density at radius 2 is 1.79 bits per heavy atom. The molecule has 0 aliphatic heterocycles. The van der Waals surface area contributed by atoms with E-state index in [1.165, 1.54) is 5.56 Å². The summed E-state index contributed by atoms with van der Waals surface area (Å²) >= 11 is 0. The minimum Gasteiger partial charge on any atom is -0.354 e. The van der Waals surface area contributed by atoms with Crippen LogP contribution >= 0.6 is 0 Å². The van der Waals surface area contributed by atoms with Crippen LogP contribution < -0.4 is 10.6 Å². The molecular weight excluding hydrogens is 298 g/mol. The van der Waals surface area contributed by atoms with Crippen LogP contribution in [0.5, 0.6) is 0 Å². The van der Waals surface area contributed by atoms with E-state index in [1.54, 1.807) is 0 Å². The Morgan fingerprint density at radius 3 is 2.42 bits per heavy atom. The van der Waals surface area contributed by atoms with Crippen LogP contribution in [-0.4, -0.2) is 43.0 Å². The maximum atomic E-state index is 12.0. The van der Waals surface area contributed by atoms with Gasteiger partial charge in [-0.2, -0.15) is 0 Å². The lowest BCUT2D eigenvalue weighted by molar-refractivity contribution is -0.121. The van der Waals surface area contributed by atoms with Gasteiger partial charge < -0.3 is 15.5 Å². The van der Waals surface area contributed by atoms with Gasteiger partial charge in [-0.05, 0) is 51.9 Å². The lowest BCUT2D eigenvalue weighted by Crippen LogP contribution is -2.35. The van der Waals surface area contributed by atoms with Gasteiger partial charge in [0, 0.05) is 25.0 Å². The Kier molecular flexibility index (Phi) is 10.4. The number of amides is 1. The lowest BCUT2D eigenvalue weighted by Gasteiger charge is -2.20. The quantitative estimate of drug-likeness (QED) is 0.616. The first-order chi connectivity index (χ1) is 11.6.